The summed E-state index contributed by atoms with van der Waals surface area (Å²) in [4.78, 5) is 11.5. The molecule has 1 atom stereocenters. The average Bonchev–Trinajstić information content (AvgIpc) is 3.08. The fourth-order valence-corrected chi connectivity index (χ4v) is 5.53. The molecule has 2 amide bonds. The van der Waals surface area contributed by atoms with E-state index in [1.165, 1.54) is 11.3 Å². The van der Waals surface area contributed by atoms with Crippen molar-refractivity contribution in [3.05, 3.63) is 30.2 Å². The molecule has 0 bridgehead atoms. The van der Waals surface area contributed by atoms with E-state index in [1.54, 1.807) is 27.9 Å². The third kappa shape index (κ3) is 4.79. The molecule has 0 radical (unpaired) electrons. The van der Waals surface area contributed by atoms with Gasteiger partial charge in [0.05, 0.1) is 0 Å². The number of carbonyl (C=O) groups is 1. The Bertz CT molecular complexity index is 614. The second-order valence-corrected chi connectivity index (χ2v) is 8.48. The summed E-state index contributed by atoms with van der Waals surface area (Å²) in [5.74, 6) is 0. The molecule has 1 aliphatic heterocycles. The highest BCUT2D eigenvalue weighted by Gasteiger charge is 2.33. The predicted molar refractivity (Wildman–Crippen MR) is 92.1 cm³/mol. The first-order valence-corrected chi connectivity index (χ1v) is 10.1. The molecule has 0 aromatic carbocycles. The molecule has 0 aliphatic carbocycles. The molecule has 128 valence electrons. The number of carbonyl (C=O) groups excluding carboxylic acids is 1. The predicted octanol–water partition coefficient (Wildman–Crippen LogP) is 2.17. The number of rotatable bonds is 7. The highest BCUT2D eigenvalue weighted by atomic mass is 32.2. The monoisotopic (exact) mass is 357 g/mol. The minimum atomic E-state index is -3.42. The Labute approximate surface area is 141 Å². The van der Waals surface area contributed by atoms with E-state index in [1.807, 2.05) is 0 Å². The average molecular weight is 358 g/mol. The number of piperidine rings is 1. The van der Waals surface area contributed by atoms with Gasteiger partial charge in [-0.3, -0.25) is 0 Å². The van der Waals surface area contributed by atoms with E-state index >= 15 is 0 Å². The van der Waals surface area contributed by atoms with E-state index in [2.05, 4.69) is 17.2 Å². The van der Waals surface area contributed by atoms with Crippen LogP contribution in [0.1, 0.15) is 25.7 Å². The Kier molecular flexibility index (Phi) is 6.61. The van der Waals surface area contributed by atoms with E-state index < -0.39 is 10.0 Å². The highest BCUT2D eigenvalue weighted by molar-refractivity contribution is 7.91. The van der Waals surface area contributed by atoms with Gasteiger partial charge in [0.15, 0.2) is 0 Å². The first kappa shape index (κ1) is 18.0. The van der Waals surface area contributed by atoms with Gasteiger partial charge in [-0.15, -0.1) is 17.9 Å². The zero-order valence-electron chi connectivity index (χ0n) is 13.0. The summed E-state index contributed by atoms with van der Waals surface area (Å²) in [6.45, 7) is 4.94. The summed E-state index contributed by atoms with van der Waals surface area (Å²) in [5.41, 5.74) is 0. The van der Waals surface area contributed by atoms with E-state index in [0.29, 0.717) is 30.3 Å². The van der Waals surface area contributed by atoms with Gasteiger partial charge >= 0.3 is 6.03 Å². The summed E-state index contributed by atoms with van der Waals surface area (Å²) in [6.07, 6.45) is 4.96. The van der Waals surface area contributed by atoms with Gasteiger partial charge in [-0.1, -0.05) is 18.6 Å². The maximum Gasteiger partial charge on any atom is 0.315 e. The molecule has 6 nitrogen and oxygen atoms in total. The molecule has 2 heterocycles. The minimum Gasteiger partial charge on any atom is -0.338 e. The van der Waals surface area contributed by atoms with Crippen LogP contribution < -0.4 is 10.6 Å². The Balaban J connectivity index is 1.94. The van der Waals surface area contributed by atoms with Gasteiger partial charge in [-0.2, -0.15) is 4.31 Å². The van der Waals surface area contributed by atoms with Crippen LogP contribution in [0.3, 0.4) is 0 Å². The standard InChI is InChI=1S/C15H23N3O3S2/c1-2-9-16-15(19)17-10-8-13-6-3-4-11-18(13)23(20,21)14-7-5-12-22-14/h2,5,7,12-13H,1,3-4,6,8-11H2,(H2,16,17,19). The normalized spacial score (nSPS) is 19.2. The van der Waals surface area contributed by atoms with Gasteiger partial charge in [0.1, 0.15) is 4.21 Å². The summed E-state index contributed by atoms with van der Waals surface area (Å²) in [7, 11) is -3.42. The van der Waals surface area contributed by atoms with Crippen LogP contribution >= 0.6 is 11.3 Å². The lowest BCUT2D eigenvalue weighted by Gasteiger charge is -2.34. The minimum absolute atomic E-state index is 0.0597. The smallest absolute Gasteiger partial charge is 0.315 e. The Morgan fingerprint density at radius 3 is 2.96 bits per heavy atom. The first-order chi connectivity index (χ1) is 11.1. The maximum absolute atomic E-state index is 12.7. The van der Waals surface area contributed by atoms with Crippen LogP contribution in [0.5, 0.6) is 0 Å². The van der Waals surface area contributed by atoms with Crippen molar-refractivity contribution in [3.8, 4) is 0 Å². The van der Waals surface area contributed by atoms with Crippen molar-refractivity contribution >= 4 is 27.4 Å². The molecule has 1 aliphatic rings. The molecule has 1 aromatic rings. The van der Waals surface area contributed by atoms with Crippen molar-refractivity contribution in [1.82, 2.24) is 14.9 Å². The molecule has 1 unspecified atom stereocenters. The van der Waals surface area contributed by atoms with Crippen LogP contribution in [0, 0.1) is 0 Å². The Morgan fingerprint density at radius 2 is 2.26 bits per heavy atom. The van der Waals surface area contributed by atoms with Gasteiger partial charge < -0.3 is 10.6 Å². The first-order valence-electron chi connectivity index (χ1n) is 7.73. The Morgan fingerprint density at radius 1 is 1.43 bits per heavy atom. The van der Waals surface area contributed by atoms with Crippen LogP contribution in [-0.2, 0) is 10.0 Å². The Hall–Kier alpha value is -1.38. The van der Waals surface area contributed by atoms with Crippen LogP contribution in [0.25, 0.3) is 0 Å². The van der Waals surface area contributed by atoms with Crippen LogP contribution in [0.15, 0.2) is 34.4 Å². The number of sulfonamides is 1. The molecular formula is C15H23N3O3S2. The van der Waals surface area contributed by atoms with E-state index in [-0.39, 0.29) is 12.1 Å². The third-order valence-corrected chi connectivity index (χ3v) is 7.13. The molecule has 2 rings (SSSR count). The number of hydrogen-bond donors (Lipinski definition) is 2. The zero-order chi connectivity index (χ0) is 16.7. The number of hydrogen-bond acceptors (Lipinski definition) is 4. The van der Waals surface area contributed by atoms with Crippen LogP contribution in [-0.4, -0.2) is 44.4 Å². The molecule has 23 heavy (non-hydrogen) atoms. The van der Waals surface area contributed by atoms with E-state index in [0.717, 1.165) is 19.3 Å². The zero-order valence-corrected chi connectivity index (χ0v) is 14.7. The summed E-state index contributed by atoms with van der Waals surface area (Å²) < 4.78 is 27.4. The lowest BCUT2D eigenvalue weighted by atomic mass is 10.0. The van der Waals surface area contributed by atoms with Gasteiger partial charge in [-0.05, 0) is 30.7 Å². The number of nitrogens with zero attached hydrogens (tertiary/aromatic N) is 1. The van der Waals surface area contributed by atoms with Crippen LogP contribution in [0.2, 0.25) is 0 Å². The molecule has 1 saturated heterocycles. The molecule has 1 aromatic heterocycles. The molecule has 0 saturated carbocycles. The third-order valence-electron chi connectivity index (χ3n) is 3.80. The van der Waals surface area contributed by atoms with E-state index in [9.17, 15) is 13.2 Å². The van der Waals surface area contributed by atoms with Crippen molar-refractivity contribution in [2.24, 2.45) is 0 Å². The molecule has 1 fully saturated rings. The quantitative estimate of drug-likeness (QED) is 0.734. The molecule has 8 heteroatoms. The van der Waals surface area contributed by atoms with Crippen LogP contribution in [0.4, 0.5) is 4.79 Å². The van der Waals surface area contributed by atoms with Crippen molar-refractivity contribution in [1.29, 1.82) is 0 Å². The lowest BCUT2D eigenvalue weighted by molar-refractivity contribution is 0.229. The summed E-state index contributed by atoms with van der Waals surface area (Å²) >= 11 is 1.24. The van der Waals surface area contributed by atoms with Gasteiger partial charge in [0, 0.05) is 25.7 Å². The number of nitrogens with one attached hydrogen (secondary N) is 2. The number of urea groups is 1. The molecule has 2 N–H and O–H groups in total. The number of thiophene rings is 1. The van der Waals surface area contributed by atoms with Crippen molar-refractivity contribution in [2.45, 2.75) is 35.9 Å². The fraction of sp³-hybridized carbons (Fsp3) is 0.533. The van der Waals surface area contributed by atoms with Gasteiger partial charge in [-0.25, -0.2) is 13.2 Å². The molecule has 0 spiro atoms. The summed E-state index contributed by atoms with van der Waals surface area (Å²) in [6, 6.07) is 3.08. The lowest BCUT2D eigenvalue weighted by Crippen LogP contribution is -2.45. The maximum atomic E-state index is 12.7. The second-order valence-electron chi connectivity index (χ2n) is 5.41. The van der Waals surface area contributed by atoms with Crippen molar-refractivity contribution in [3.63, 3.8) is 0 Å². The SMILES string of the molecule is C=CCNC(=O)NCCC1CCCCN1S(=O)(=O)c1cccs1. The highest BCUT2D eigenvalue weighted by Crippen LogP contribution is 2.28. The largest absolute Gasteiger partial charge is 0.338 e. The molecular weight excluding hydrogens is 334 g/mol. The van der Waals surface area contributed by atoms with E-state index in [4.69, 9.17) is 0 Å². The van der Waals surface area contributed by atoms with Crippen molar-refractivity contribution < 1.29 is 13.2 Å². The number of amides is 2. The topological polar surface area (TPSA) is 78.5 Å². The van der Waals surface area contributed by atoms with Crippen molar-refractivity contribution in [2.75, 3.05) is 19.6 Å². The van der Waals surface area contributed by atoms with Gasteiger partial charge in [0.2, 0.25) is 0 Å². The van der Waals surface area contributed by atoms with Gasteiger partial charge in [0.25, 0.3) is 10.0 Å². The fourth-order valence-electron chi connectivity index (χ4n) is 2.68. The summed E-state index contributed by atoms with van der Waals surface area (Å²) in [5, 5.41) is 7.17. The second kappa shape index (κ2) is 8.47.